The number of fused-ring (bicyclic) bond motifs is 1. The van der Waals surface area contributed by atoms with Crippen molar-refractivity contribution in [3.63, 3.8) is 0 Å². The molecule has 4 aromatic rings. The van der Waals surface area contributed by atoms with E-state index in [0.29, 0.717) is 15.7 Å². The summed E-state index contributed by atoms with van der Waals surface area (Å²) in [5.41, 5.74) is -1.08. The Kier molecular flexibility index (Phi) is 6.36. The van der Waals surface area contributed by atoms with Crippen molar-refractivity contribution in [2.45, 2.75) is 19.6 Å². The number of para-hydroxylation sites is 2. The maximum absolute atomic E-state index is 13.7. The zero-order valence-corrected chi connectivity index (χ0v) is 18.2. The quantitative estimate of drug-likeness (QED) is 0.420. The van der Waals surface area contributed by atoms with Crippen LogP contribution in [0.4, 0.5) is 18.9 Å². The Hall–Kier alpha value is -4.48. The van der Waals surface area contributed by atoms with Gasteiger partial charge in [-0.05, 0) is 43.3 Å². The predicted octanol–water partition coefficient (Wildman–Crippen LogP) is 3.42. The molecule has 0 atom stereocenters. The highest BCUT2D eigenvalue weighted by Crippen LogP contribution is 2.34. The first-order chi connectivity index (χ1) is 16.7. The number of nitrogens with one attached hydrogen (secondary N) is 1. The second kappa shape index (κ2) is 9.41. The Morgan fingerprint density at radius 2 is 1.77 bits per heavy atom. The number of rotatable bonds is 6. The van der Waals surface area contributed by atoms with E-state index in [-0.39, 0.29) is 24.5 Å². The van der Waals surface area contributed by atoms with E-state index in [9.17, 15) is 27.6 Å². The van der Waals surface area contributed by atoms with Crippen molar-refractivity contribution >= 4 is 28.6 Å². The molecule has 0 unspecified atom stereocenters. The molecule has 0 aliphatic heterocycles. The first-order valence-electron chi connectivity index (χ1n) is 10.4. The number of esters is 1. The number of hydrogen-bond donors (Lipinski definition) is 1. The molecule has 2 aromatic heterocycles. The van der Waals surface area contributed by atoms with Gasteiger partial charge < -0.3 is 10.1 Å². The van der Waals surface area contributed by atoms with E-state index in [1.54, 1.807) is 24.3 Å². The summed E-state index contributed by atoms with van der Waals surface area (Å²) in [7, 11) is 0. The van der Waals surface area contributed by atoms with Crippen LogP contribution in [0.2, 0.25) is 0 Å². The van der Waals surface area contributed by atoms with Gasteiger partial charge in [0.15, 0.2) is 5.69 Å². The molecule has 0 aliphatic carbocycles. The third kappa shape index (κ3) is 4.90. The van der Waals surface area contributed by atoms with Crippen molar-refractivity contribution in [3.05, 3.63) is 82.5 Å². The second-order valence-electron chi connectivity index (χ2n) is 7.30. The number of amides is 1. The maximum Gasteiger partial charge on any atom is 0.434 e. The Labute approximate surface area is 195 Å². The number of carbonyl (C=O) groups is 2. The van der Waals surface area contributed by atoms with Gasteiger partial charge in [0.2, 0.25) is 5.91 Å². The Morgan fingerprint density at radius 1 is 1.06 bits per heavy atom. The first kappa shape index (κ1) is 23.7. The molecule has 0 aliphatic rings. The summed E-state index contributed by atoms with van der Waals surface area (Å²) in [5.74, 6) is -1.65. The van der Waals surface area contributed by atoms with Gasteiger partial charge in [0.05, 0.1) is 35.7 Å². The average molecular weight is 485 g/mol. The van der Waals surface area contributed by atoms with Crippen molar-refractivity contribution in [1.29, 1.82) is 0 Å². The van der Waals surface area contributed by atoms with Gasteiger partial charge in [0.25, 0.3) is 5.56 Å². The summed E-state index contributed by atoms with van der Waals surface area (Å²) in [6.07, 6.45) is -2.95. The van der Waals surface area contributed by atoms with Crippen LogP contribution in [-0.4, -0.2) is 37.8 Å². The molecule has 2 aromatic carbocycles. The monoisotopic (exact) mass is 485 g/mol. The molecule has 35 heavy (non-hydrogen) atoms. The standard InChI is InChI=1S/C23H18F3N5O4/c1-2-35-22(34)16-11-28-31(21(16)23(24,25)26)15-9-7-14(8-10-15)29-19(32)13-30-18-6-4-3-5-17(18)27-12-20(30)33/h3-12H,2,13H2,1H3,(H,29,32). The smallest absolute Gasteiger partial charge is 0.434 e. The van der Waals surface area contributed by atoms with Gasteiger partial charge in [0.1, 0.15) is 12.1 Å². The summed E-state index contributed by atoms with van der Waals surface area (Å²) in [5, 5.41) is 6.31. The topological polar surface area (TPSA) is 108 Å². The third-order valence-corrected chi connectivity index (χ3v) is 4.98. The number of alkyl halides is 3. The fourth-order valence-corrected chi connectivity index (χ4v) is 3.48. The summed E-state index contributed by atoms with van der Waals surface area (Å²) in [6.45, 7) is 1.11. The van der Waals surface area contributed by atoms with E-state index in [4.69, 9.17) is 4.74 Å². The van der Waals surface area contributed by atoms with Gasteiger partial charge in [-0.15, -0.1) is 0 Å². The Bertz CT molecular complexity index is 1460. The van der Waals surface area contributed by atoms with E-state index < -0.39 is 34.9 Å². The minimum Gasteiger partial charge on any atom is -0.462 e. The van der Waals surface area contributed by atoms with Crippen molar-refractivity contribution < 1.29 is 27.5 Å². The number of anilines is 1. The molecular formula is C23H18F3N5O4. The molecule has 0 radical (unpaired) electrons. The zero-order valence-electron chi connectivity index (χ0n) is 18.2. The van der Waals surface area contributed by atoms with E-state index in [2.05, 4.69) is 15.4 Å². The molecule has 0 spiro atoms. The highest BCUT2D eigenvalue weighted by atomic mass is 19.4. The third-order valence-electron chi connectivity index (χ3n) is 4.98. The fourth-order valence-electron chi connectivity index (χ4n) is 3.48. The number of benzene rings is 2. The lowest BCUT2D eigenvalue weighted by atomic mass is 10.2. The SMILES string of the molecule is CCOC(=O)c1cnn(-c2ccc(NC(=O)Cn3c(=O)cnc4ccccc43)cc2)c1C(F)(F)F. The number of ether oxygens (including phenoxy) is 1. The van der Waals surface area contributed by atoms with Crippen LogP contribution in [0.15, 0.2) is 65.7 Å². The maximum atomic E-state index is 13.7. The van der Waals surface area contributed by atoms with Gasteiger partial charge >= 0.3 is 12.1 Å². The molecule has 180 valence electrons. The Balaban J connectivity index is 1.56. The van der Waals surface area contributed by atoms with E-state index in [1.165, 1.54) is 35.8 Å². The van der Waals surface area contributed by atoms with Gasteiger partial charge in [-0.1, -0.05) is 12.1 Å². The molecular weight excluding hydrogens is 467 g/mol. The summed E-state index contributed by atoms with van der Waals surface area (Å²) in [6, 6.07) is 12.2. The lowest BCUT2D eigenvalue weighted by Crippen LogP contribution is -2.28. The molecule has 0 bridgehead atoms. The van der Waals surface area contributed by atoms with Crippen LogP contribution in [0.5, 0.6) is 0 Å². The largest absolute Gasteiger partial charge is 0.462 e. The molecule has 0 saturated carbocycles. The number of hydrogen-bond acceptors (Lipinski definition) is 6. The van der Waals surface area contributed by atoms with Gasteiger partial charge in [-0.25, -0.2) is 14.5 Å². The van der Waals surface area contributed by atoms with Gasteiger partial charge in [0, 0.05) is 5.69 Å². The number of carbonyl (C=O) groups excluding carboxylic acids is 2. The molecule has 0 saturated heterocycles. The van der Waals surface area contributed by atoms with E-state index in [1.807, 2.05) is 0 Å². The van der Waals surface area contributed by atoms with Crippen molar-refractivity contribution in [2.75, 3.05) is 11.9 Å². The minimum atomic E-state index is -4.87. The summed E-state index contributed by atoms with van der Waals surface area (Å²) < 4.78 is 47.6. The minimum absolute atomic E-state index is 0.0159. The number of halogens is 3. The zero-order chi connectivity index (χ0) is 25.2. The molecule has 12 heteroatoms. The molecule has 1 amide bonds. The summed E-state index contributed by atoms with van der Waals surface area (Å²) >= 11 is 0. The molecule has 4 rings (SSSR count). The van der Waals surface area contributed by atoms with E-state index in [0.717, 1.165) is 12.4 Å². The van der Waals surface area contributed by atoms with Crippen LogP contribution in [0.25, 0.3) is 16.7 Å². The fraction of sp³-hybridized carbons (Fsp3) is 0.174. The van der Waals surface area contributed by atoms with Crippen LogP contribution < -0.4 is 10.9 Å². The van der Waals surface area contributed by atoms with Crippen molar-refractivity contribution in [1.82, 2.24) is 19.3 Å². The molecule has 9 nitrogen and oxygen atoms in total. The van der Waals surface area contributed by atoms with Crippen LogP contribution in [-0.2, 0) is 22.3 Å². The Morgan fingerprint density at radius 3 is 2.46 bits per heavy atom. The summed E-state index contributed by atoms with van der Waals surface area (Å²) in [4.78, 5) is 40.7. The lowest BCUT2D eigenvalue weighted by Gasteiger charge is -2.13. The number of aromatic nitrogens is 4. The second-order valence-corrected chi connectivity index (χ2v) is 7.30. The normalized spacial score (nSPS) is 11.4. The van der Waals surface area contributed by atoms with Crippen LogP contribution in [0.1, 0.15) is 23.0 Å². The lowest BCUT2D eigenvalue weighted by molar-refractivity contribution is -0.143. The molecule has 2 heterocycles. The predicted molar refractivity (Wildman–Crippen MR) is 119 cm³/mol. The molecule has 0 fully saturated rings. The van der Waals surface area contributed by atoms with Crippen LogP contribution in [0.3, 0.4) is 0 Å². The molecule has 1 N–H and O–H groups in total. The van der Waals surface area contributed by atoms with Crippen LogP contribution >= 0.6 is 0 Å². The van der Waals surface area contributed by atoms with Gasteiger partial charge in [-0.2, -0.15) is 18.3 Å². The highest BCUT2D eigenvalue weighted by Gasteiger charge is 2.41. The number of nitrogens with zero attached hydrogens (tertiary/aromatic N) is 4. The van der Waals surface area contributed by atoms with E-state index >= 15 is 0 Å². The average Bonchev–Trinajstić information content (AvgIpc) is 3.28. The van der Waals surface area contributed by atoms with Crippen molar-refractivity contribution in [2.24, 2.45) is 0 Å². The first-order valence-corrected chi connectivity index (χ1v) is 10.4. The van der Waals surface area contributed by atoms with Crippen LogP contribution in [0, 0.1) is 0 Å². The van der Waals surface area contributed by atoms with Crippen molar-refractivity contribution in [3.8, 4) is 5.69 Å². The van der Waals surface area contributed by atoms with Gasteiger partial charge in [-0.3, -0.25) is 14.2 Å². The highest BCUT2D eigenvalue weighted by molar-refractivity contribution is 5.92.